The van der Waals surface area contributed by atoms with Crippen LogP contribution in [0.25, 0.3) is 0 Å². The average Bonchev–Trinajstić information content (AvgIpc) is 2.68. The van der Waals surface area contributed by atoms with Crippen LogP contribution in [-0.4, -0.2) is 67.6 Å². The van der Waals surface area contributed by atoms with Crippen molar-refractivity contribution < 1.29 is 14.3 Å². The first kappa shape index (κ1) is 21.7. The van der Waals surface area contributed by atoms with Gasteiger partial charge in [0, 0.05) is 37.7 Å². The largest absolute Gasteiger partial charge is 0.467 e. The van der Waals surface area contributed by atoms with Gasteiger partial charge in [0.25, 0.3) is 0 Å². The molecule has 0 aromatic heterocycles. The maximum absolute atomic E-state index is 12.4. The summed E-state index contributed by atoms with van der Waals surface area (Å²) < 4.78 is 4.82. The fourth-order valence-corrected chi connectivity index (χ4v) is 3.30. The van der Waals surface area contributed by atoms with Gasteiger partial charge in [0.15, 0.2) is 0 Å². The molecule has 2 atom stereocenters. The number of nitrogens with one attached hydrogen (secondary N) is 1. The van der Waals surface area contributed by atoms with Crippen LogP contribution in [0.4, 0.5) is 0 Å². The Morgan fingerprint density at radius 2 is 1.74 bits per heavy atom. The Bertz CT molecular complexity index is 615. The maximum Gasteiger partial charge on any atom is 0.328 e. The molecule has 0 radical (unpaired) electrons. The highest BCUT2D eigenvalue weighted by molar-refractivity contribution is 6.30. The lowest BCUT2D eigenvalue weighted by Crippen LogP contribution is -2.52. The molecule has 0 spiro atoms. The van der Waals surface area contributed by atoms with Crippen LogP contribution < -0.4 is 5.32 Å². The second-order valence-corrected chi connectivity index (χ2v) is 7.57. The van der Waals surface area contributed by atoms with Crippen molar-refractivity contribution in [2.45, 2.75) is 32.9 Å². The van der Waals surface area contributed by atoms with Crippen molar-refractivity contribution in [2.75, 3.05) is 39.8 Å². The highest BCUT2D eigenvalue weighted by atomic mass is 35.5. The number of nitrogens with zero attached hydrogens (tertiary/aromatic N) is 2. The van der Waals surface area contributed by atoms with Gasteiger partial charge in [0.1, 0.15) is 6.04 Å². The maximum atomic E-state index is 12.4. The van der Waals surface area contributed by atoms with Gasteiger partial charge in [-0.15, -0.1) is 0 Å². The first-order chi connectivity index (χ1) is 12.9. The average molecular weight is 396 g/mol. The molecule has 1 N–H and O–H groups in total. The number of hydrogen-bond acceptors (Lipinski definition) is 5. The quantitative estimate of drug-likeness (QED) is 0.683. The molecule has 2 rings (SSSR count). The van der Waals surface area contributed by atoms with E-state index in [0.717, 1.165) is 44.2 Å². The van der Waals surface area contributed by atoms with Crippen molar-refractivity contribution in [3.05, 3.63) is 34.9 Å². The molecule has 150 valence electrons. The van der Waals surface area contributed by atoms with E-state index in [4.69, 9.17) is 16.3 Å². The van der Waals surface area contributed by atoms with Crippen molar-refractivity contribution in [1.82, 2.24) is 15.1 Å². The lowest BCUT2D eigenvalue weighted by molar-refractivity contribution is -0.146. The molecule has 1 saturated heterocycles. The van der Waals surface area contributed by atoms with E-state index >= 15 is 0 Å². The van der Waals surface area contributed by atoms with Gasteiger partial charge in [-0.25, -0.2) is 4.79 Å². The predicted octanol–water partition coefficient (Wildman–Crippen LogP) is 2.16. The molecule has 1 aliphatic heterocycles. The monoisotopic (exact) mass is 395 g/mol. The molecule has 27 heavy (non-hydrogen) atoms. The number of esters is 1. The SMILES string of the molecule is CC[C@@H](C)[C@@H](NC(=O)CN1CCN(Cc2ccc(Cl)cc2)CC1)C(=O)OC. The van der Waals surface area contributed by atoms with Crippen LogP contribution in [0.1, 0.15) is 25.8 Å². The number of methoxy groups -OCH3 is 1. The Balaban J connectivity index is 1.77. The summed E-state index contributed by atoms with van der Waals surface area (Å²) in [6, 6.07) is 7.33. The van der Waals surface area contributed by atoms with Crippen LogP contribution in [0.15, 0.2) is 24.3 Å². The Labute approximate surface area is 166 Å². The molecule has 7 heteroatoms. The van der Waals surface area contributed by atoms with Gasteiger partial charge in [-0.3, -0.25) is 14.6 Å². The van der Waals surface area contributed by atoms with E-state index in [0.29, 0.717) is 6.54 Å². The molecule has 0 aliphatic carbocycles. The van der Waals surface area contributed by atoms with E-state index in [1.807, 2.05) is 38.1 Å². The molecule has 1 fully saturated rings. The summed E-state index contributed by atoms with van der Waals surface area (Å²) in [7, 11) is 1.35. The standard InChI is InChI=1S/C20H30ClN3O3/c1-4-15(2)19(20(26)27-3)22-18(25)14-24-11-9-23(10-12-24)13-16-5-7-17(21)8-6-16/h5-8,15,19H,4,9-14H2,1-3H3,(H,22,25)/t15-,19-/m1/s1. The van der Waals surface area contributed by atoms with Crippen LogP contribution in [-0.2, 0) is 20.9 Å². The fraction of sp³-hybridized carbons (Fsp3) is 0.600. The van der Waals surface area contributed by atoms with E-state index < -0.39 is 6.04 Å². The molecule has 0 unspecified atom stereocenters. The number of hydrogen-bond donors (Lipinski definition) is 1. The molecule has 6 nitrogen and oxygen atoms in total. The normalized spacial score (nSPS) is 17.9. The first-order valence-electron chi connectivity index (χ1n) is 9.49. The number of piperazine rings is 1. The van der Waals surface area contributed by atoms with Gasteiger partial charge in [-0.2, -0.15) is 0 Å². The van der Waals surface area contributed by atoms with Gasteiger partial charge >= 0.3 is 5.97 Å². The smallest absolute Gasteiger partial charge is 0.328 e. The van der Waals surface area contributed by atoms with Gasteiger partial charge < -0.3 is 10.1 Å². The summed E-state index contributed by atoms with van der Waals surface area (Å²) in [6.07, 6.45) is 0.795. The van der Waals surface area contributed by atoms with Crippen LogP contribution in [0.5, 0.6) is 0 Å². The lowest BCUT2D eigenvalue weighted by Gasteiger charge is -2.34. The van der Waals surface area contributed by atoms with Crippen molar-refractivity contribution in [1.29, 1.82) is 0 Å². The molecule has 1 aromatic carbocycles. The number of amides is 1. The molecule has 1 heterocycles. The van der Waals surface area contributed by atoms with E-state index in [1.54, 1.807) is 0 Å². The van der Waals surface area contributed by atoms with Crippen LogP contribution in [0.3, 0.4) is 0 Å². The number of benzene rings is 1. The molecular weight excluding hydrogens is 366 g/mol. The zero-order valence-electron chi connectivity index (χ0n) is 16.4. The fourth-order valence-electron chi connectivity index (χ4n) is 3.17. The summed E-state index contributed by atoms with van der Waals surface area (Å²) >= 11 is 5.93. The third kappa shape index (κ3) is 6.79. The zero-order valence-corrected chi connectivity index (χ0v) is 17.2. The number of ether oxygens (including phenoxy) is 1. The number of halogens is 1. The van der Waals surface area contributed by atoms with E-state index in [1.165, 1.54) is 12.7 Å². The predicted molar refractivity (Wildman–Crippen MR) is 107 cm³/mol. The second-order valence-electron chi connectivity index (χ2n) is 7.13. The molecule has 0 bridgehead atoms. The van der Waals surface area contributed by atoms with Gasteiger partial charge in [-0.1, -0.05) is 44.0 Å². The summed E-state index contributed by atoms with van der Waals surface area (Å²) in [4.78, 5) is 28.8. The van der Waals surface area contributed by atoms with Crippen LogP contribution >= 0.6 is 11.6 Å². The van der Waals surface area contributed by atoms with Crippen LogP contribution in [0, 0.1) is 5.92 Å². The van der Waals surface area contributed by atoms with Gasteiger partial charge in [0.05, 0.1) is 13.7 Å². The van der Waals surface area contributed by atoms with Crippen molar-refractivity contribution >= 4 is 23.5 Å². The number of carbonyl (C=O) groups excluding carboxylic acids is 2. The highest BCUT2D eigenvalue weighted by Gasteiger charge is 2.27. The van der Waals surface area contributed by atoms with E-state index in [-0.39, 0.29) is 17.8 Å². The van der Waals surface area contributed by atoms with Crippen molar-refractivity contribution in [3.8, 4) is 0 Å². The minimum atomic E-state index is -0.585. The highest BCUT2D eigenvalue weighted by Crippen LogP contribution is 2.13. The minimum absolute atomic E-state index is 0.0395. The van der Waals surface area contributed by atoms with E-state index in [9.17, 15) is 9.59 Å². The Kier molecular flexibility index (Phi) is 8.54. The third-order valence-electron chi connectivity index (χ3n) is 5.14. The van der Waals surface area contributed by atoms with Gasteiger partial charge in [0.2, 0.25) is 5.91 Å². The molecule has 1 amide bonds. The van der Waals surface area contributed by atoms with Crippen molar-refractivity contribution in [2.24, 2.45) is 5.92 Å². The first-order valence-corrected chi connectivity index (χ1v) is 9.87. The molecule has 1 aromatic rings. The summed E-state index contributed by atoms with van der Waals surface area (Å²) in [6.45, 7) is 8.59. The Morgan fingerprint density at radius 1 is 1.15 bits per heavy atom. The molecule has 1 aliphatic rings. The number of carbonyl (C=O) groups is 2. The minimum Gasteiger partial charge on any atom is -0.467 e. The zero-order chi connectivity index (χ0) is 19.8. The van der Waals surface area contributed by atoms with Crippen molar-refractivity contribution in [3.63, 3.8) is 0 Å². The molecular formula is C20H30ClN3O3. The summed E-state index contributed by atoms with van der Waals surface area (Å²) in [5.41, 5.74) is 1.24. The summed E-state index contributed by atoms with van der Waals surface area (Å²) in [5.74, 6) is -0.472. The number of rotatable bonds is 8. The third-order valence-corrected chi connectivity index (χ3v) is 5.39. The Morgan fingerprint density at radius 3 is 2.30 bits per heavy atom. The summed E-state index contributed by atoms with van der Waals surface area (Å²) in [5, 5.41) is 3.59. The second kappa shape index (κ2) is 10.6. The Hall–Kier alpha value is -1.63. The van der Waals surface area contributed by atoms with Crippen LogP contribution in [0.2, 0.25) is 5.02 Å². The molecule has 0 saturated carbocycles. The topological polar surface area (TPSA) is 61.9 Å². The lowest BCUT2D eigenvalue weighted by atomic mass is 9.99. The van der Waals surface area contributed by atoms with E-state index in [2.05, 4.69) is 15.1 Å². The van der Waals surface area contributed by atoms with Gasteiger partial charge in [-0.05, 0) is 23.6 Å².